The Kier molecular flexibility index (Phi) is 10.0. The van der Waals surface area contributed by atoms with Crippen LogP contribution >= 0.6 is 0 Å². The molecule has 2 atom stereocenters. The molecule has 1 aliphatic carbocycles. The van der Waals surface area contributed by atoms with E-state index in [1.807, 2.05) is 6.92 Å². The normalized spacial score (nSPS) is 17.0. The monoisotopic (exact) mass is 468 g/mol. The predicted octanol–water partition coefficient (Wildman–Crippen LogP) is 3.15. The Morgan fingerprint density at radius 3 is 2.52 bits per heavy atom. The number of benzene rings is 1. The zero-order valence-corrected chi connectivity index (χ0v) is 19.0. The first-order valence-electron chi connectivity index (χ1n) is 11.5. The average molecular weight is 469 g/mol. The number of rotatable bonds is 11. The molecule has 0 heterocycles. The molecule has 6 N–H and O–H groups in total. The molecule has 1 unspecified atom stereocenters. The van der Waals surface area contributed by atoms with Crippen molar-refractivity contribution in [1.29, 1.82) is 0 Å². The Bertz CT molecular complexity index is 833. The first-order chi connectivity index (χ1) is 15.6. The minimum Gasteiger partial charge on any atom is -0.478 e. The SMILES string of the molecule is CCCCC(N)(NC(=O)N[C@H](CC1CCCCC1)C(=O)NCc1ccc(F)cc1F)C(=O)O. The van der Waals surface area contributed by atoms with Crippen LogP contribution in [-0.4, -0.2) is 34.7 Å². The Balaban J connectivity index is 2.07. The minimum atomic E-state index is -1.96. The third-order valence-corrected chi connectivity index (χ3v) is 6.03. The van der Waals surface area contributed by atoms with E-state index in [-0.39, 0.29) is 24.4 Å². The molecule has 1 aromatic rings. The number of aliphatic carboxylic acids is 1. The van der Waals surface area contributed by atoms with Gasteiger partial charge in [0.05, 0.1) is 0 Å². The Hall–Kier alpha value is -2.75. The Morgan fingerprint density at radius 1 is 1.21 bits per heavy atom. The molecule has 1 fully saturated rings. The maximum Gasteiger partial charge on any atom is 0.344 e. The maximum absolute atomic E-state index is 13.9. The van der Waals surface area contributed by atoms with Gasteiger partial charge in [0, 0.05) is 18.2 Å². The molecule has 3 amide bonds. The highest BCUT2D eigenvalue weighted by Crippen LogP contribution is 2.27. The highest BCUT2D eigenvalue weighted by molar-refractivity contribution is 5.90. The summed E-state index contributed by atoms with van der Waals surface area (Å²) >= 11 is 0. The molecule has 1 saturated carbocycles. The van der Waals surface area contributed by atoms with E-state index in [0.717, 1.165) is 44.2 Å². The van der Waals surface area contributed by atoms with Gasteiger partial charge >= 0.3 is 12.0 Å². The number of nitrogens with one attached hydrogen (secondary N) is 3. The number of carboxylic acids is 1. The van der Waals surface area contributed by atoms with Gasteiger partial charge in [0.15, 0.2) is 5.66 Å². The molecule has 0 bridgehead atoms. The van der Waals surface area contributed by atoms with Gasteiger partial charge < -0.3 is 21.1 Å². The van der Waals surface area contributed by atoms with E-state index in [1.165, 1.54) is 6.07 Å². The lowest BCUT2D eigenvalue weighted by Gasteiger charge is -2.29. The molecular weight excluding hydrogens is 434 g/mol. The molecule has 2 rings (SSSR count). The summed E-state index contributed by atoms with van der Waals surface area (Å²) in [5.41, 5.74) is 4.04. The van der Waals surface area contributed by atoms with Gasteiger partial charge in [-0.05, 0) is 31.2 Å². The van der Waals surface area contributed by atoms with Gasteiger partial charge in [-0.1, -0.05) is 51.5 Å². The number of carbonyl (C=O) groups excluding carboxylic acids is 2. The smallest absolute Gasteiger partial charge is 0.344 e. The molecule has 33 heavy (non-hydrogen) atoms. The largest absolute Gasteiger partial charge is 0.478 e. The lowest BCUT2D eigenvalue weighted by molar-refractivity contribution is -0.144. The van der Waals surface area contributed by atoms with Crippen LogP contribution in [0.25, 0.3) is 0 Å². The molecule has 1 aromatic carbocycles. The highest BCUT2D eigenvalue weighted by Gasteiger charge is 2.36. The number of nitrogens with two attached hydrogens (primary N) is 1. The molecule has 0 aromatic heterocycles. The predicted molar refractivity (Wildman–Crippen MR) is 119 cm³/mol. The van der Waals surface area contributed by atoms with Gasteiger partial charge in [0.1, 0.15) is 17.7 Å². The third kappa shape index (κ3) is 8.27. The number of amides is 3. The standard InChI is InChI=1S/C23H34F2N4O4/c1-2-3-11-23(26,21(31)32)29-22(33)28-19(12-15-7-5-4-6-8-15)20(30)27-14-16-9-10-17(24)13-18(16)25/h9-10,13,15,19H,2-8,11-12,14,26H2,1H3,(H,27,30)(H,31,32)(H2,28,29,33)/t19-,23?/m1/s1. The number of carbonyl (C=O) groups is 3. The molecule has 0 spiro atoms. The highest BCUT2D eigenvalue weighted by atomic mass is 19.1. The van der Waals surface area contributed by atoms with E-state index < -0.39 is 41.2 Å². The topological polar surface area (TPSA) is 134 Å². The summed E-state index contributed by atoms with van der Waals surface area (Å²) in [7, 11) is 0. The fourth-order valence-electron chi connectivity index (χ4n) is 4.03. The van der Waals surface area contributed by atoms with E-state index in [0.29, 0.717) is 19.3 Å². The van der Waals surface area contributed by atoms with Crippen molar-refractivity contribution in [1.82, 2.24) is 16.0 Å². The molecule has 0 aliphatic heterocycles. The molecule has 0 radical (unpaired) electrons. The van der Waals surface area contributed by atoms with Crippen LogP contribution in [0.5, 0.6) is 0 Å². The molecule has 8 nitrogen and oxygen atoms in total. The molecule has 10 heteroatoms. The Labute approximate surface area is 192 Å². The summed E-state index contributed by atoms with van der Waals surface area (Å²) < 4.78 is 27.0. The van der Waals surface area contributed by atoms with Crippen LogP contribution in [0.15, 0.2) is 18.2 Å². The maximum atomic E-state index is 13.9. The number of hydrogen-bond donors (Lipinski definition) is 5. The summed E-state index contributed by atoms with van der Waals surface area (Å²) in [4.78, 5) is 37.1. The van der Waals surface area contributed by atoms with Crippen molar-refractivity contribution in [3.63, 3.8) is 0 Å². The number of hydrogen-bond acceptors (Lipinski definition) is 4. The van der Waals surface area contributed by atoms with Crippen molar-refractivity contribution >= 4 is 17.9 Å². The van der Waals surface area contributed by atoms with Crippen molar-refractivity contribution in [2.45, 2.75) is 83.0 Å². The van der Waals surface area contributed by atoms with Crippen LogP contribution < -0.4 is 21.7 Å². The number of carboxylic acid groups (broad SMARTS) is 1. The quantitative estimate of drug-likeness (QED) is 0.318. The second kappa shape index (κ2) is 12.5. The molecular formula is C23H34F2N4O4. The van der Waals surface area contributed by atoms with Gasteiger partial charge in [0.2, 0.25) is 5.91 Å². The molecule has 184 valence electrons. The van der Waals surface area contributed by atoms with E-state index in [4.69, 9.17) is 5.73 Å². The summed E-state index contributed by atoms with van der Waals surface area (Å²) in [6, 6.07) is 1.25. The van der Waals surface area contributed by atoms with Crippen molar-refractivity contribution in [3.05, 3.63) is 35.4 Å². The average Bonchev–Trinajstić information content (AvgIpc) is 2.77. The van der Waals surface area contributed by atoms with Crippen LogP contribution in [0.3, 0.4) is 0 Å². The molecule has 1 aliphatic rings. The van der Waals surface area contributed by atoms with Crippen molar-refractivity contribution < 1.29 is 28.3 Å². The van der Waals surface area contributed by atoms with Crippen molar-refractivity contribution in [3.8, 4) is 0 Å². The fraction of sp³-hybridized carbons (Fsp3) is 0.609. The first-order valence-corrected chi connectivity index (χ1v) is 11.5. The lowest BCUT2D eigenvalue weighted by atomic mass is 9.84. The van der Waals surface area contributed by atoms with E-state index >= 15 is 0 Å². The second-order valence-corrected chi connectivity index (χ2v) is 8.72. The number of unbranched alkanes of at least 4 members (excludes halogenated alkanes) is 1. The fourth-order valence-corrected chi connectivity index (χ4v) is 4.03. The van der Waals surface area contributed by atoms with Crippen LogP contribution in [0.2, 0.25) is 0 Å². The van der Waals surface area contributed by atoms with Gasteiger partial charge in [-0.2, -0.15) is 0 Å². The van der Waals surface area contributed by atoms with E-state index in [2.05, 4.69) is 16.0 Å². The summed E-state index contributed by atoms with van der Waals surface area (Å²) in [6.07, 6.45) is 6.64. The van der Waals surface area contributed by atoms with Gasteiger partial charge in [0.25, 0.3) is 0 Å². The first kappa shape index (κ1) is 26.5. The van der Waals surface area contributed by atoms with Crippen LogP contribution in [0, 0.1) is 17.6 Å². The second-order valence-electron chi connectivity index (χ2n) is 8.72. The Morgan fingerprint density at radius 2 is 1.91 bits per heavy atom. The van der Waals surface area contributed by atoms with Gasteiger partial charge in [-0.3, -0.25) is 10.5 Å². The van der Waals surface area contributed by atoms with Crippen LogP contribution in [0.4, 0.5) is 13.6 Å². The lowest BCUT2D eigenvalue weighted by Crippen LogP contribution is -2.65. The van der Waals surface area contributed by atoms with E-state index in [9.17, 15) is 28.3 Å². The minimum absolute atomic E-state index is 0.0373. The zero-order chi connectivity index (χ0) is 24.4. The van der Waals surface area contributed by atoms with Crippen molar-refractivity contribution in [2.75, 3.05) is 0 Å². The summed E-state index contributed by atoms with van der Waals surface area (Å²) in [5, 5.41) is 16.9. The number of halogens is 2. The third-order valence-electron chi connectivity index (χ3n) is 6.03. The van der Waals surface area contributed by atoms with E-state index in [1.54, 1.807) is 0 Å². The number of urea groups is 1. The molecule has 0 saturated heterocycles. The zero-order valence-electron chi connectivity index (χ0n) is 19.0. The summed E-state index contributed by atoms with van der Waals surface area (Å²) in [6.45, 7) is 1.69. The summed E-state index contributed by atoms with van der Waals surface area (Å²) in [5.74, 6) is -3.19. The van der Waals surface area contributed by atoms with Gasteiger partial charge in [-0.25, -0.2) is 18.4 Å². The van der Waals surface area contributed by atoms with Gasteiger partial charge in [-0.15, -0.1) is 0 Å². The van der Waals surface area contributed by atoms with Crippen LogP contribution in [0.1, 0.15) is 70.3 Å². The van der Waals surface area contributed by atoms with Crippen LogP contribution in [-0.2, 0) is 16.1 Å². The van der Waals surface area contributed by atoms with Crippen molar-refractivity contribution in [2.24, 2.45) is 11.7 Å².